The average molecular weight is 522 g/mol. The number of halogens is 1. The van der Waals surface area contributed by atoms with Gasteiger partial charge in [0, 0.05) is 36.1 Å². The van der Waals surface area contributed by atoms with E-state index in [0.29, 0.717) is 54.5 Å². The largest absolute Gasteiger partial charge is 0.411 e. The number of nitrogens with one attached hydrogen (secondary N) is 1. The zero-order valence-corrected chi connectivity index (χ0v) is 21.1. The molecule has 1 aliphatic heterocycles. The van der Waals surface area contributed by atoms with Crippen LogP contribution in [0.5, 0.6) is 0 Å². The van der Waals surface area contributed by atoms with Gasteiger partial charge in [0.15, 0.2) is 5.65 Å². The summed E-state index contributed by atoms with van der Waals surface area (Å²) < 4.78 is 12.5. The first-order valence-electron chi connectivity index (χ1n) is 12.3. The summed E-state index contributed by atoms with van der Waals surface area (Å²) >= 11 is 6.33. The Hall–Kier alpha value is -3.68. The number of imidazole rings is 1. The molecule has 5 rings (SSSR count). The number of fused-ring (bicyclic) bond motifs is 1. The highest BCUT2D eigenvalue weighted by Crippen LogP contribution is 2.35. The van der Waals surface area contributed by atoms with Crippen molar-refractivity contribution in [3.05, 3.63) is 35.1 Å². The van der Waals surface area contributed by atoms with Crippen LogP contribution in [0, 0.1) is 29.6 Å². The van der Waals surface area contributed by atoms with Crippen LogP contribution in [0.4, 0.5) is 10.7 Å². The normalized spacial score (nSPS) is 19.9. The van der Waals surface area contributed by atoms with Crippen LogP contribution >= 0.6 is 11.6 Å². The van der Waals surface area contributed by atoms with Crippen molar-refractivity contribution < 1.29 is 14.3 Å². The standard InChI is InChI=1S/C26H28ClN7O3/c1-2-16-6-8-17(9-7-16)15-34-21-20(18-4-3-5-19(27)14-18)30-24(22(28)37-25(29)35)31-23(21)32-26(34)33-10-12-36-13-11-33/h1,3-5,14,16-17,28H,6-13,15H2,(H2,29,35)/t16-,17-. The summed E-state index contributed by atoms with van der Waals surface area (Å²) in [6.07, 6.45) is 8.63. The molecule has 1 saturated carbocycles. The molecule has 192 valence electrons. The molecule has 1 saturated heterocycles. The van der Waals surface area contributed by atoms with Crippen LogP contribution in [0.25, 0.3) is 22.4 Å². The number of ether oxygens (including phenoxy) is 2. The maximum atomic E-state index is 11.3. The molecule has 37 heavy (non-hydrogen) atoms. The predicted octanol–water partition coefficient (Wildman–Crippen LogP) is 3.84. The molecule has 2 aliphatic rings. The van der Waals surface area contributed by atoms with E-state index >= 15 is 0 Å². The molecule has 10 nitrogen and oxygen atoms in total. The van der Waals surface area contributed by atoms with E-state index in [0.717, 1.165) is 49.3 Å². The SMILES string of the molecule is C#C[C@H]1CC[C@H](Cn2c(N3CCOCC3)nc3nc(C(=N)OC(N)=O)nc(-c4cccc(Cl)c4)c32)CC1. The Labute approximate surface area is 219 Å². The summed E-state index contributed by atoms with van der Waals surface area (Å²) in [5, 5.41) is 8.73. The van der Waals surface area contributed by atoms with Gasteiger partial charge >= 0.3 is 6.09 Å². The number of hydrogen-bond acceptors (Lipinski definition) is 8. The van der Waals surface area contributed by atoms with Crippen molar-refractivity contribution in [2.75, 3.05) is 31.2 Å². The molecule has 0 bridgehead atoms. The van der Waals surface area contributed by atoms with Gasteiger partial charge in [-0.25, -0.2) is 14.8 Å². The lowest BCUT2D eigenvalue weighted by molar-refractivity contribution is 0.121. The molecule has 3 heterocycles. The Kier molecular flexibility index (Phi) is 7.26. The second-order valence-corrected chi connectivity index (χ2v) is 9.77. The van der Waals surface area contributed by atoms with Crippen molar-refractivity contribution in [1.82, 2.24) is 19.5 Å². The van der Waals surface area contributed by atoms with Gasteiger partial charge in [-0.3, -0.25) is 5.41 Å². The van der Waals surface area contributed by atoms with E-state index < -0.39 is 12.0 Å². The van der Waals surface area contributed by atoms with Crippen LogP contribution in [0.2, 0.25) is 5.02 Å². The number of amides is 1. The van der Waals surface area contributed by atoms with Crippen molar-refractivity contribution in [1.29, 1.82) is 5.41 Å². The number of aromatic nitrogens is 4. The topological polar surface area (TPSA) is 132 Å². The lowest BCUT2D eigenvalue weighted by atomic mass is 9.82. The fourth-order valence-corrected chi connectivity index (χ4v) is 5.25. The van der Waals surface area contributed by atoms with E-state index in [2.05, 4.69) is 25.4 Å². The fraction of sp³-hybridized carbons (Fsp3) is 0.423. The summed E-state index contributed by atoms with van der Waals surface area (Å²) in [5.41, 5.74) is 7.55. The van der Waals surface area contributed by atoms with Gasteiger partial charge in [0.1, 0.15) is 11.2 Å². The minimum Gasteiger partial charge on any atom is -0.388 e. The highest BCUT2D eigenvalue weighted by atomic mass is 35.5. The Balaban J connectivity index is 1.67. The quantitative estimate of drug-likeness (QED) is 0.296. The zero-order valence-electron chi connectivity index (χ0n) is 20.3. The Morgan fingerprint density at radius 3 is 2.65 bits per heavy atom. The van der Waals surface area contributed by atoms with Crippen molar-refractivity contribution in [3.8, 4) is 23.6 Å². The van der Waals surface area contributed by atoms with E-state index in [-0.39, 0.29) is 5.82 Å². The molecule has 1 aromatic carbocycles. The molecule has 1 amide bonds. The molecule has 0 unspecified atom stereocenters. The van der Waals surface area contributed by atoms with Crippen molar-refractivity contribution >= 4 is 40.7 Å². The van der Waals surface area contributed by atoms with Crippen LogP contribution in [-0.4, -0.2) is 57.8 Å². The number of nitrogens with zero attached hydrogens (tertiary/aromatic N) is 5. The number of benzene rings is 1. The zero-order chi connectivity index (χ0) is 25.9. The third-order valence-corrected chi connectivity index (χ3v) is 7.14. The van der Waals surface area contributed by atoms with Crippen LogP contribution in [0.1, 0.15) is 31.5 Å². The van der Waals surface area contributed by atoms with Crippen molar-refractivity contribution in [2.24, 2.45) is 17.6 Å². The summed E-state index contributed by atoms with van der Waals surface area (Å²) in [6.45, 7) is 3.32. The number of rotatable bonds is 5. The van der Waals surface area contributed by atoms with Gasteiger partial charge in [-0.1, -0.05) is 23.7 Å². The Bertz CT molecular complexity index is 1370. The number of anilines is 1. The molecule has 11 heteroatoms. The fourth-order valence-electron chi connectivity index (χ4n) is 5.06. The first kappa shape index (κ1) is 25.0. The number of carbonyl (C=O) groups is 1. The predicted molar refractivity (Wildman–Crippen MR) is 141 cm³/mol. The minimum atomic E-state index is -1.11. The van der Waals surface area contributed by atoms with Gasteiger partial charge in [-0.05, 0) is 43.7 Å². The van der Waals surface area contributed by atoms with Gasteiger partial charge in [0.05, 0.1) is 13.2 Å². The first-order chi connectivity index (χ1) is 17.9. The van der Waals surface area contributed by atoms with Crippen LogP contribution in [0.3, 0.4) is 0 Å². The monoisotopic (exact) mass is 521 g/mol. The van der Waals surface area contributed by atoms with Gasteiger partial charge < -0.3 is 24.7 Å². The molecule has 0 radical (unpaired) electrons. The van der Waals surface area contributed by atoms with Gasteiger partial charge in [-0.2, -0.15) is 4.98 Å². The smallest absolute Gasteiger partial charge is 0.388 e. The van der Waals surface area contributed by atoms with Gasteiger partial charge in [-0.15, -0.1) is 12.3 Å². The van der Waals surface area contributed by atoms with Crippen LogP contribution in [0.15, 0.2) is 24.3 Å². The second-order valence-electron chi connectivity index (χ2n) is 9.33. The van der Waals surface area contributed by atoms with Crippen LogP contribution in [-0.2, 0) is 16.0 Å². The maximum absolute atomic E-state index is 11.3. The maximum Gasteiger partial charge on any atom is 0.411 e. The second kappa shape index (κ2) is 10.7. The number of primary amides is 1. The van der Waals surface area contributed by atoms with Gasteiger partial charge in [0.2, 0.25) is 11.8 Å². The van der Waals surface area contributed by atoms with E-state index in [4.69, 9.17) is 43.6 Å². The summed E-state index contributed by atoms with van der Waals surface area (Å²) in [4.78, 5) is 27.6. The summed E-state index contributed by atoms with van der Waals surface area (Å²) in [7, 11) is 0. The lowest BCUT2D eigenvalue weighted by Gasteiger charge is -2.31. The van der Waals surface area contributed by atoms with E-state index in [1.807, 2.05) is 12.1 Å². The third kappa shape index (κ3) is 5.38. The molecular formula is C26H28ClN7O3. The van der Waals surface area contributed by atoms with E-state index in [1.54, 1.807) is 12.1 Å². The Morgan fingerprint density at radius 2 is 1.97 bits per heavy atom. The summed E-state index contributed by atoms with van der Waals surface area (Å²) in [5.74, 6) is 3.79. The molecular weight excluding hydrogens is 494 g/mol. The molecule has 3 aromatic rings. The van der Waals surface area contributed by atoms with Gasteiger partial charge in [0.25, 0.3) is 5.90 Å². The number of morpholine rings is 1. The van der Waals surface area contributed by atoms with Crippen molar-refractivity contribution in [2.45, 2.75) is 32.2 Å². The lowest BCUT2D eigenvalue weighted by Crippen LogP contribution is -2.38. The molecule has 0 spiro atoms. The Morgan fingerprint density at radius 1 is 1.22 bits per heavy atom. The minimum absolute atomic E-state index is 0.0889. The van der Waals surface area contributed by atoms with Crippen LogP contribution < -0.4 is 10.6 Å². The molecule has 3 N–H and O–H groups in total. The van der Waals surface area contributed by atoms with E-state index in [1.165, 1.54) is 0 Å². The molecule has 2 fully saturated rings. The first-order valence-corrected chi connectivity index (χ1v) is 12.7. The molecule has 1 aliphatic carbocycles. The highest BCUT2D eigenvalue weighted by molar-refractivity contribution is 6.30. The average Bonchev–Trinajstić information content (AvgIpc) is 3.27. The third-order valence-electron chi connectivity index (χ3n) is 6.90. The molecule has 0 atom stereocenters. The number of terminal acetylenes is 1. The number of carbonyl (C=O) groups excluding carboxylic acids is 1. The molecule has 2 aromatic heterocycles. The van der Waals surface area contributed by atoms with Crippen molar-refractivity contribution in [3.63, 3.8) is 0 Å². The number of nitrogens with two attached hydrogens (primary N) is 1. The number of hydrogen-bond donors (Lipinski definition) is 2. The van der Waals surface area contributed by atoms with E-state index in [9.17, 15) is 4.79 Å². The highest BCUT2D eigenvalue weighted by Gasteiger charge is 2.28. The summed E-state index contributed by atoms with van der Waals surface area (Å²) in [6, 6.07) is 7.31.